The first-order chi connectivity index (χ1) is 8.27. The predicted octanol–water partition coefficient (Wildman–Crippen LogP) is 2.51. The summed E-state index contributed by atoms with van der Waals surface area (Å²) in [7, 11) is 1.83. The average molecular weight is 237 g/mol. The minimum Gasteiger partial charge on any atom is -0.494 e. The molecule has 0 fully saturated rings. The van der Waals surface area contributed by atoms with Crippen LogP contribution in [0, 0.1) is 0 Å². The number of likely N-dealkylation sites (N-methyl/N-ethyl adjacent to an activating group) is 1. The van der Waals surface area contributed by atoms with Crippen LogP contribution in [-0.2, 0) is 0 Å². The summed E-state index contributed by atoms with van der Waals surface area (Å²) < 4.78 is 5.65. The van der Waals surface area contributed by atoms with E-state index in [0.29, 0.717) is 6.54 Å². The fraction of sp³-hybridized carbons (Fsp3) is 0.571. The minimum atomic E-state index is -0.473. The van der Waals surface area contributed by atoms with E-state index in [4.69, 9.17) is 4.74 Å². The van der Waals surface area contributed by atoms with Crippen molar-refractivity contribution in [2.24, 2.45) is 0 Å². The average Bonchev–Trinajstić information content (AvgIpc) is 2.35. The molecule has 2 N–H and O–H groups in total. The van der Waals surface area contributed by atoms with Gasteiger partial charge in [0, 0.05) is 6.54 Å². The summed E-state index contributed by atoms with van der Waals surface area (Å²) in [6.45, 7) is 3.48. The molecule has 3 nitrogen and oxygen atoms in total. The van der Waals surface area contributed by atoms with Crippen LogP contribution in [0.5, 0.6) is 5.75 Å². The van der Waals surface area contributed by atoms with Gasteiger partial charge in [-0.3, -0.25) is 0 Å². The molecular weight excluding hydrogens is 214 g/mol. The maximum atomic E-state index is 9.84. The highest BCUT2D eigenvalue weighted by atomic mass is 16.5. The van der Waals surface area contributed by atoms with Crippen LogP contribution in [0.15, 0.2) is 24.3 Å². The SMILES string of the molecule is CCCCCOc1cccc(C(O)CNC)c1. The molecule has 3 heteroatoms. The maximum absolute atomic E-state index is 9.84. The third kappa shape index (κ3) is 5.20. The number of unbranched alkanes of at least 4 members (excludes halogenated alkanes) is 2. The summed E-state index contributed by atoms with van der Waals surface area (Å²) in [5.74, 6) is 0.841. The van der Waals surface area contributed by atoms with Crippen molar-refractivity contribution >= 4 is 0 Å². The second-order valence-corrected chi connectivity index (χ2v) is 4.20. The molecule has 0 bridgehead atoms. The molecule has 0 saturated carbocycles. The molecule has 17 heavy (non-hydrogen) atoms. The molecule has 1 unspecified atom stereocenters. The molecule has 0 spiro atoms. The van der Waals surface area contributed by atoms with Gasteiger partial charge in [-0.25, -0.2) is 0 Å². The van der Waals surface area contributed by atoms with E-state index in [1.165, 1.54) is 12.8 Å². The molecule has 0 radical (unpaired) electrons. The van der Waals surface area contributed by atoms with Crippen molar-refractivity contribution in [2.45, 2.75) is 32.3 Å². The molecular formula is C14H23NO2. The van der Waals surface area contributed by atoms with Gasteiger partial charge in [-0.15, -0.1) is 0 Å². The second-order valence-electron chi connectivity index (χ2n) is 4.20. The Labute approximate surface area is 104 Å². The first kappa shape index (κ1) is 14.0. The Kier molecular flexibility index (Phi) is 6.67. The van der Waals surface area contributed by atoms with E-state index >= 15 is 0 Å². The van der Waals surface area contributed by atoms with Crippen molar-refractivity contribution in [3.63, 3.8) is 0 Å². The molecule has 0 aliphatic rings. The van der Waals surface area contributed by atoms with Gasteiger partial charge in [0.2, 0.25) is 0 Å². The maximum Gasteiger partial charge on any atom is 0.119 e. The van der Waals surface area contributed by atoms with Crippen LogP contribution in [0.3, 0.4) is 0 Å². The second kappa shape index (κ2) is 8.09. The first-order valence-electron chi connectivity index (χ1n) is 6.33. The van der Waals surface area contributed by atoms with E-state index in [9.17, 15) is 5.11 Å². The van der Waals surface area contributed by atoms with Crippen molar-refractivity contribution < 1.29 is 9.84 Å². The van der Waals surface area contributed by atoms with Crippen molar-refractivity contribution in [1.82, 2.24) is 5.32 Å². The van der Waals surface area contributed by atoms with Crippen molar-refractivity contribution in [2.75, 3.05) is 20.2 Å². The summed E-state index contributed by atoms with van der Waals surface area (Å²) in [5.41, 5.74) is 0.896. The number of aliphatic hydroxyl groups excluding tert-OH is 1. The summed E-state index contributed by atoms with van der Waals surface area (Å²) in [6.07, 6.45) is 3.01. The zero-order valence-corrected chi connectivity index (χ0v) is 10.8. The summed E-state index contributed by atoms with van der Waals surface area (Å²) in [5, 5.41) is 12.8. The van der Waals surface area contributed by atoms with Gasteiger partial charge in [0.1, 0.15) is 5.75 Å². The first-order valence-corrected chi connectivity index (χ1v) is 6.33. The van der Waals surface area contributed by atoms with Crippen LogP contribution >= 0.6 is 0 Å². The van der Waals surface area contributed by atoms with Crippen molar-refractivity contribution in [3.8, 4) is 5.75 Å². The molecule has 0 aliphatic heterocycles. The molecule has 0 heterocycles. The lowest BCUT2D eigenvalue weighted by Gasteiger charge is -2.12. The van der Waals surface area contributed by atoms with E-state index < -0.39 is 6.10 Å². The monoisotopic (exact) mass is 237 g/mol. The third-order valence-corrected chi connectivity index (χ3v) is 2.66. The van der Waals surface area contributed by atoms with E-state index in [0.717, 1.165) is 24.3 Å². The smallest absolute Gasteiger partial charge is 0.119 e. The lowest BCUT2D eigenvalue weighted by Crippen LogP contribution is -2.16. The summed E-state index contributed by atoms with van der Waals surface area (Å²) in [4.78, 5) is 0. The number of hydrogen-bond donors (Lipinski definition) is 2. The fourth-order valence-corrected chi connectivity index (χ4v) is 1.66. The zero-order valence-electron chi connectivity index (χ0n) is 10.8. The molecule has 0 amide bonds. The largest absolute Gasteiger partial charge is 0.494 e. The number of ether oxygens (including phenoxy) is 1. The topological polar surface area (TPSA) is 41.5 Å². The highest BCUT2D eigenvalue weighted by Gasteiger charge is 2.06. The number of aliphatic hydroxyl groups is 1. The summed E-state index contributed by atoms with van der Waals surface area (Å²) >= 11 is 0. The highest BCUT2D eigenvalue weighted by molar-refractivity contribution is 5.30. The van der Waals surface area contributed by atoms with Gasteiger partial charge in [-0.2, -0.15) is 0 Å². The van der Waals surface area contributed by atoms with Gasteiger partial charge in [0.15, 0.2) is 0 Å². The van der Waals surface area contributed by atoms with E-state index in [-0.39, 0.29) is 0 Å². The van der Waals surface area contributed by atoms with Gasteiger partial charge in [-0.1, -0.05) is 31.9 Å². The van der Waals surface area contributed by atoms with Crippen LogP contribution in [0.4, 0.5) is 0 Å². The molecule has 0 saturated heterocycles. The van der Waals surface area contributed by atoms with Crippen molar-refractivity contribution in [1.29, 1.82) is 0 Å². The Balaban J connectivity index is 2.47. The van der Waals surface area contributed by atoms with Gasteiger partial charge in [0.05, 0.1) is 12.7 Å². The fourth-order valence-electron chi connectivity index (χ4n) is 1.66. The molecule has 1 rings (SSSR count). The molecule has 0 aromatic heterocycles. The molecule has 1 aromatic rings. The third-order valence-electron chi connectivity index (χ3n) is 2.66. The van der Waals surface area contributed by atoms with Crippen LogP contribution in [-0.4, -0.2) is 25.3 Å². The van der Waals surface area contributed by atoms with Crippen LogP contribution in [0.25, 0.3) is 0 Å². The quantitative estimate of drug-likeness (QED) is 0.683. The van der Waals surface area contributed by atoms with Gasteiger partial charge < -0.3 is 15.2 Å². The van der Waals surface area contributed by atoms with E-state index in [1.54, 1.807) is 0 Å². The molecule has 0 aliphatic carbocycles. The van der Waals surface area contributed by atoms with Gasteiger partial charge >= 0.3 is 0 Å². The van der Waals surface area contributed by atoms with E-state index in [2.05, 4.69) is 12.2 Å². The highest BCUT2D eigenvalue weighted by Crippen LogP contribution is 2.19. The van der Waals surface area contributed by atoms with E-state index in [1.807, 2.05) is 31.3 Å². The Morgan fingerprint density at radius 3 is 2.88 bits per heavy atom. The Morgan fingerprint density at radius 2 is 2.18 bits per heavy atom. The van der Waals surface area contributed by atoms with Crippen LogP contribution < -0.4 is 10.1 Å². The van der Waals surface area contributed by atoms with Gasteiger partial charge in [-0.05, 0) is 31.2 Å². The number of nitrogens with one attached hydrogen (secondary N) is 1. The van der Waals surface area contributed by atoms with Crippen molar-refractivity contribution in [3.05, 3.63) is 29.8 Å². The van der Waals surface area contributed by atoms with Gasteiger partial charge in [0.25, 0.3) is 0 Å². The zero-order chi connectivity index (χ0) is 12.5. The molecule has 1 aromatic carbocycles. The van der Waals surface area contributed by atoms with Crippen LogP contribution in [0.2, 0.25) is 0 Å². The predicted molar refractivity (Wildman–Crippen MR) is 70.3 cm³/mol. The standard InChI is InChI=1S/C14H23NO2/c1-3-4-5-9-17-13-8-6-7-12(10-13)14(16)11-15-2/h6-8,10,14-16H,3-5,9,11H2,1-2H3. The summed E-state index contributed by atoms with van der Waals surface area (Å²) in [6, 6.07) is 7.68. The normalized spacial score (nSPS) is 12.4. The molecule has 96 valence electrons. The number of rotatable bonds is 8. The lowest BCUT2D eigenvalue weighted by atomic mass is 10.1. The minimum absolute atomic E-state index is 0.473. The Bertz CT molecular complexity index is 315. The number of hydrogen-bond acceptors (Lipinski definition) is 3. The Hall–Kier alpha value is -1.06. The van der Waals surface area contributed by atoms with Crippen LogP contribution in [0.1, 0.15) is 37.9 Å². The lowest BCUT2D eigenvalue weighted by molar-refractivity contribution is 0.177. The molecule has 1 atom stereocenters. The Morgan fingerprint density at radius 1 is 1.35 bits per heavy atom. The number of benzene rings is 1.